The normalized spacial score (nSPS) is 10.5. The minimum Gasteiger partial charge on any atom is -0.469 e. The second kappa shape index (κ2) is 5.57. The minimum atomic E-state index is -0.249. The Kier molecular flexibility index (Phi) is 4.04. The molecule has 0 saturated heterocycles. The second-order valence-corrected chi connectivity index (χ2v) is 5.21. The van der Waals surface area contributed by atoms with E-state index in [4.69, 9.17) is 4.74 Å². The fraction of sp³-hybridized carbons (Fsp3) is 0.286. The monoisotopic (exact) mass is 322 g/mol. The number of nitrogens with zero attached hydrogens (tertiary/aromatic N) is 2. The first-order chi connectivity index (χ1) is 9.02. The van der Waals surface area contributed by atoms with E-state index < -0.39 is 0 Å². The van der Waals surface area contributed by atoms with Gasteiger partial charge in [0, 0.05) is 15.7 Å². The van der Waals surface area contributed by atoms with Gasteiger partial charge in [0.05, 0.1) is 24.9 Å². The Morgan fingerprint density at radius 2 is 1.95 bits per heavy atom. The number of carbonyl (C=O) groups is 1. The lowest BCUT2D eigenvalue weighted by atomic mass is 10.1. The molecular weight excluding hydrogens is 308 g/mol. The molecule has 0 amide bonds. The predicted octanol–water partition coefficient (Wildman–Crippen LogP) is 2.97. The van der Waals surface area contributed by atoms with Gasteiger partial charge in [0.25, 0.3) is 0 Å². The molecule has 0 N–H and O–H groups in total. The van der Waals surface area contributed by atoms with Gasteiger partial charge >= 0.3 is 5.97 Å². The number of esters is 1. The van der Waals surface area contributed by atoms with E-state index >= 15 is 0 Å². The number of aromatic nitrogens is 2. The zero-order valence-corrected chi connectivity index (χ0v) is 12.7. The summed E-state index contributed by atoms with van der Waals surface area (Å²) in [6, 6.07) is 7.88. The molecule has 1 aromatic carbocycles. The molecule has 0 aliphatic rings. The molecule has 0 radical (unpaired) electrons. The Balaban J connectivity index is 2.40. The lowest BCUT2D eigenvalue weighted by Gasteiger charge is -2.05. The standard InChI is InChI=1S/C14H15BrN2O2/c1-9-13(8-14(18)19-3)10(2)17(16-9)12-6-4-11(15)5-7-12/h4-7H,8H2,1-3H3. The zero-order chi connectivity index (χ0) is 14.0. The number of halogens is 1. The van der Waals surface area contributed by atoms with Crippen LogP contribution in [0.1, 0.15) is 17.0 Å². The van der Waals surface area contributed by atoms with Crippen LogP contribution in [-0.2, 0) is 16.0 Å². The van der Waals surface area contributed by atoms with Gasteiger partial charge in [-0.25, -0.2) is 4.68 Å². The van der Waals surface area contributed by atoms with E-state index in [0.29, 0.717) is 0 Å². The Morgan fingerprint density at radius 3 is 2.53 bits per heavy atom. The number of benzene rings is 1. The summed E-state index contributed by atoms with van der Waals surface area (Å²) in [6.07, 6.45) is 0.255. The number of aryl methyl sites for hydroxylation is 1. The average Bonchev–Trinajstić information content (AvgIpc) is 2.67. The van der Waals surface area contributed by atoms with Crippen LogP contribution in [0, 0.1) is 13.8 Å². The Bertz CT molecular complexity index is 603. The smallest absolute Gasteiger partial charge is 0.310 e. The van der Waals surface area contributed by atoms with Crippen LogP contribution < -0.4 is 0 Å². The van der Waals surface area contributed by atoms with Gasteiger partial charge in [-0.3, -0.25) is 4.79 Å². The number of methoxy groups -OCH3 is 1. The lowest BCUT2D eigenvalue weighted by molar-refractivity contribution is -0.139. The Labute approximate surface area is 120 Å². The Hall–Kier alpha value is -1.62. The van der Waals surface area contributed by atoms with E-state index in [1.54, 1.807) is 0 Å². The largest absolute Gasteiger partial charge is 0.469 e. The first kappa shape index (κ1) is 13.8. The van der Waals surface area contributed by atoms with Gasteiger partial charge in [0.15, 0.2) is 0 Å². The van der Waals surface area contributed by atoms with Crippen LogP contribution in [0.25, 0.3) is 5.69 Å². The molecule has 0 fully saturated rings. The molecule has 2 aromatic rings. The summed E-state index contributed by atoms with van der Waals surface area (Å²) in [7, 11) is 1.39. The van der Waals surface area contributed by atoms with Crippen molar-refractivity contribution in [1.29, 1.82) is 0 Å². The summed E-state index contributed by atoms with van der Waals surface area (Å²) in [5, 5.41) is 4.49. The van der Waals surface area contributed by atoms with Crippen LogP contribution in [0.4, 0.5) is 0 Å². The summed E-state index contributed by atoms with van der Waals surface area (Å²) < 4.78 is 7.58. The van der Waals surface area contributed by atoms with Crippen molar-refractivity contribution in [2.24, 2.45) is 0 Å². The molecule has 0 bridgehead atoms. The molecule has 19 heavy (non-hydrogen) atoms. The average molecular weight is 323 g/mol. The van der Waals surface area contributed by atoms with Crippen molar-refractivity contribution >= 4 is 21.9 Å². The van der Waals surface area contributed by atoms with Gasteiger partial charge in [-0.15, -0.1) is 0 Å². The number of hydrogen-bond acceptors (Lipinski definition) is 3. The van der Waals surface area contributed by atoms with E-state index in [-0.39, 0.29) is 12.4 Å². The van der Waals surface area contributed by atoms with Gasteiger partial charge in [-0.2, -0.15) is 5.10 Å². The third-order valence-corrected chi connectivity index (χ3v) is 3.59. The first-order valence-electron chi connectivity index (χ1n) is 5.90. The number of carbonyl (C=O) groups excluding carboxylic acids is 1. The Morgan fingerprint density at radius 1 is 1.32 bits per heavy atom. The molecule has 0 aliphatic heterocycles. The van der Waals surface area contributed by atoms with Crippen LogP contribution in [-0.4, -0.2) is 22.9 Å². The van der Waals surface area contributed by atoms with Crippen molar-refractivity contribution in [2.75, 3.05) is 7.11 Å². The summed E-state index contributed by atoms with van der Waals surface area (Å²) in [6.45, 7) is 3.86. The molecule has 1 aromatic heterocycles. The highest BCUT2D eigenvalue weighted by Gasteiger charge is 2.15. The van der Waals surface area contributed by atoms with Crippen molar-refractivity contribution < 1.29 is 9.53 Å². The summed E-state index contributed by atoms with van der Waals surface area (Å²) in [5.74, 6) is -0.249. The van der Waals surface area contributed by atoms with Crippen LogP contribution in [0.5, 0.6) is 0 Å². The molecule has 0 spiro atoms. The number of hydrogen-bond donors (Lipinski definition) is 0. The lowest BCUT2D eigenvalue weighted by Crippen LogP contribution is -2.06. The minimum absolute atomic E-state index is 0.249. The highest BCUT2D eigenvalue weighted by Crippen LogP contribution is 2.20. The van der Waals surface area contributed by atoms with Gasteiger partial charge in [-0.1, -0.05) is 15.9 Å². The van der Waals surface area contributed by atoms with E-state index in [1.165, 1.54) is 7.11 Å². The maximum Gasteiger partial charge on any atom is 0.310 e. The summed E-state index contributed by atoms with van der Waals surface area (Å²) >= 11 is 3.41. The highest BCUT2D eigenvalue weighted by atomic mass is 79.9. The third-order valence-electron chi connectivity index (χ3n) is 3.06. The number of ether oxygens (including phenoxy) is 1. The van der Waals surface area contributed by atoms with E-state index in [0.717, 1.165) is 27.1 Å². The quantitative estimate of drug-likeness (QED) is 0.816. The van der Waals surface area contributed by atoms with Gasteiger partial charge < -0.3 is 4.74 Å². The number of rotatable bonds is 3. The highest BCUT2D eigenvalue weighted by molar-refractivity contribution is 9.10. The van der Waals surface area contributed by atoms with Crippen LogP contribution >= 0.6 is 15.9 Å². The molecule has 100 valence electrons. The van der Waals surface area contributed by atoms with Crippen LogP contribution in [0.2, 0.25) is 0 Å². The van der Waals surface area contributed by atoms with Crippen LogP contribution in [0.15, 0.2) is 28.7 Å². The van der Waals surface area contributed by atoms with E-state index in [9.17, 15) is 4.79 Å². The van der Waals surface area contributed by atoms with Gasteiger partial charge in [0.1, 0.15) is 0 Å². The molecule has 0 aliphatic carbocycles. The van der Waals surface area contributed by atoms with Crippen molar-refractivity contribution in [3.63, 3.8) is 0 Å². The fourth-order valence-corrected chi connectivity index (χ4v) is 2.25. The fourth-order valence-electron chi connectivity index (χ4n) is 1.98. The zero-order valence-electron chi connectivity index (χ0n) is 11.1. The summed E-state index contributed by atoms with van der Waals surface area (Å²) in [4.78, 5) is 11.4. The molecule has 0 saturated carbocycles. The summed E-state index contributed by atoms with van der Waals surface area (Å²) in [5.41, 5.74) is 3.71. The van der Waals surface area contributed by atoms with Crippen molar-refractivity contribution in [2.45, 2.75) is 20.3 Å². The predicted molar refractivity (Wildman–Crippen MR) is 76.5 cm³/mol. The van der Waals surface area contributed by atoms with E-state index in [1.807, 2.05) is 42.8 Å². The third kappa shape index (κ3) is 2.87. The van der Waals surface area contributed by atoms with Crippen LogP contribution in [0.3, 0.4) is 0 Å². The topological polar surface area (TPSA) is 44.1 Å². The maximum absolute atomic E-state index is 11.4. The molecule has 0 atom stereocenters. The van der Waals surface area contributed by atoms with Gasteiger partial charge in [-0.05, 0) is 38.1 Å². The van der Waals surface area contributed by atoms with Crippen molar-refractivity contribution in [3.05, 3.63) is 45.7 Å². The molecule has 1 heterocycles. The van der Waals surface area contributed by atoms with Gasteiger partial charge in [0.2, 0.25) is 0 Å². The molecule has 5 heteroatoms. The second-order valence-electron chi connectivity index (χ2n) is 4.29. The first-order valence-corrected chi connectivity index (χ1v) is 6.70. The molecular formula is C14H15BrN2O2. The maximum atomic E-state index is 11.4. The molecule has 2 rings (SSSR count). The van der Waals surface area contributed by atoms with Crippen molar-refractivity contribution in [1.82, 2.24) is 9.78 Å². The SMILES string of the molecule is COC(=O)Cc1c(C)nn(-c2ccc(Br)cc2)c1C. The van der Waals surface area contributed by atoms with Crippen molar-refractivity contribution in [3.8, 4) is 5.69 Å². The molecule has 4 nitrogen and oxygen atoms in total. The molecule has 0 unspecified atom stereocenters. The van der Waals surface area contributed by atoms with E-state index in [2.05, 4.69) is 21.0 Å².